The Labute approximate surface area is 122 Å². The predicted octanol–water partition coefficient (Wildman–Crippen LogP) is 4.79. The number of hydrogen-bond donors (Lipinski definition) is 0. The van der Waals surface area contributed by atoms with Gasteiger partial charge in [0.25, 0.3) is 0 Å². The summed E-state index contributed by atoms with van der Waals surface area (Å²) >= 11 is 3.52. The molecule has 0 aliphatic heterocycles. The minimum Gasteiger partial charge on any atom is -0.399 e. The first-order valence-corrected chi connectivity index (χ1v) is 6.86. The van der Waals surface area contributed by atoms with Crippen molar-refractivity contribution in [2.45, 2.75) is 13.8 Å². The molecular formula is C16H16BrNO. The Morgan fingerprint density at radius 3 is 2.58 bits per heavy atom. The van der Waals surface area contributed by atoms with Gasteiger partial charge in [0.15, 0.2) is 0 Å². The van der Waals surface area contributed by atoms with E-state index < -0.39 is 0 Å². The monoisotopic (exact) mass is 317 g/mol. The zero-order valence-corrected chi connectivity index (χ0v) is 12.9. The Morgan fingerprint density at radius 2 is 1.89 bits per heavy atom. The largest absolute Gasteiger partial charge is 0.399 e. The molecule has 0 aliphatic carbocycles. The molecule has 0 saturated heterocycles. The molecule has 0 spiro atoms. The van der Waals surface area contributed by atoms with Crippen LogP contribution in [0.25, 0.3) is 11.1 Å². The molecule has 0 radical (unpaired) electrons. The molecule has 2 rings (SSSR count). The summed E-state index contributed by atoms with van der Waals surface area (Å²) in [5.74, 6) is 0. The van der Waals surface area contributed by atoms with Crippen LogP contribution in [0.2, 0.25) is 0 Å². The third-order valence-electron chi connectivity index (χ3n) is 3.00. The Kier molecular flexibility index (Phi) is 4.38. The van der Waals surface area contributed by atoms with E-state index >= 15 is 0 Å². The van der Waals surface area contributed by atoms with E-state index in [4.69, 9.17) is 4.84 Å². The highest BCUT2D eigenvalue weighted by atomic mass is 79.9. The van der Waals surface area contributed by atoms with E-state index in [0.717, 1.165) is 15.7 Å². The van der Waals surface area contributed by atoms with Crippen LogP contribution in [0.15, 0.2) is 52.1 Å². The highest BCUT2D eigenvalue weighted by Gasteiger charge is 2.11. The number of halogens is 1. The van der Waals surface area contributed by atoms with Crippen molar-refractivity contribution >= 4 is 21.6 Å². The van der Waals surface area contributed by atoms with Crippen molar-refractivity contribution in [3.8, 4) is 11.1 Å². The molecule has 3 heteroatoms. The van der Waals surface area contributed by atoms with Gasteiger partial charge in [-0.25, -0.2) is 0 Å². The maximum atomic E-state index is 4.91. The molecule has 0 bridgehead atoms. The van der Waals surface area contributed by atoms with Crippen molar-refractivity contribution in [1.29, 1.82) is 0 Å². The van der Waals surface area contributed by atoms with Crippen molar-refractivity contribution in [3.05, 3.63) is 58.1 Å². The van der Waals surface area contributed by atoms with Gasteiger partial charge >= 0.3 is 0 Å². The molecule has 2 aromatic carbocycles. The van der Waals surface area contributed by atoms with Crippen LogP contribution in [0.3, 0.4) is 0 Å². The summed E-state index contributed by atoms with van der Waals surface area (Å²) in [6, 6.07) is 14.5. The lowest BCUT2D eigenvalue weighted by Crippen LogP contribution is -2.02. The normalized spacial score (nSPS) is 11.5. The quantitative estimate of drug-likeness (QED) is 0.589. The van der Waals surface area contributed by atoms with E-state index in [1.807, 2.05) is 19.1 Å². The first-order valence-electron chi connectivity index (χ1n) is 6.07. The average Bonchev–Trinajstić information content (AvgIpc) is 2.38. The van der Waals surface area contributed by atoms with Gasteiger partial charge in [0.1, 0.15) is 7.11 Å². The molecule has 0 amide bonds. The highest BCUT2D eigenvalue weighted by molar-refractivity contribution is 9.10. The summed E-state index contributed by atoms with van der Waals surface area (Å²) in [5, 5.41) is 4.07. The van der Waals surface area contributed by atoms with Crippen molar-refractivity contribution in [1.82, 2.24) is 0 Å². The van der Waals surface area contributed by atoms with E-state index in [1.165, 1.54) is 16.7 Å². The second-order valence-electron chi connectivity index (χ2n) is 4.37. The summed E-state index contributed by atoms with van der Waals surface area (Å²) in [7, 11) is 1.57. The van der Waals surface area contributed by atoms with E-state index in [9.17, 15) is 0 Å². The van der Waals surface area contributed by atoms with E-state index in [2.05, 4.69) is 58.3 Å². The number of aryl methyl sites for hydroxylation is 1. The van der Waals surface area contributed by atoms with Crippen LogP contribution in [-0.4, -0.2) is 12.8 Å². The van der Waals surface area contributed by atoms with Crippen molar-refractivity contribution in [2.75, 3.05) is 7.11 Å². The van der Waals surface area contributed by atoms with E-state index in [0.29, 0.717) is 0 Å². The van der Waals surface area contributed by atoms with Crippen molar-refractivity contribution < 1.29 is 4.84 Å². The lowest BCUT2D eigenvalue weighted by Gasteiger charge is -2.12. The smallest absolute Gasteiger partial charge is 0.106 e. The third kappa shape index (κ3) is 3.04. The minimum absolute atomic E-state index is 0.885. The van der Waals surface area contributed by atoms with Gasteiger partial charge in [-0.2, -0.15) is 0 Å². The summed E-state index contributed by atoms with van der Waals surface area (Å²) in [6.07, 6.45) is 0. The summed E-state index contributed by atoms with van der Waals surface area (Å²) < 4.78 is 1.07. The molecule has 0 saturated carbocycles. The van der Waals surface area contributed by atoms with Crippen LogP contribution < -0.4 is 0 Å². The Morgan fingerprint density at radius 1 is 1.16 bits per heavy atom. The zero-order valence-electron chi connectivity index (χ0n) is 11.3. The molecule has 0 N–H and O–H groups in total. The fraction of sp³-hybridized carbons (Fsp3) is 0.188. The zero-order chi connectivity index (χ0) is 13.8. The lowest BCUT2D eigenvalue weighted by atomic mass is 9.93. The maximum absolute atomic E-state index is 4.91. The van der Waals surface area contributed by atoms with Crippen LogP contribution in [0, 0.1) is 6.92 Å². The molecule has 98 valence electrons. The van der Waals surface area contributed by atoms with Gasteiger partial charge in [-0.3, -0.25) is 0 Å². The Balaban J connectivity index is 2.64. The van der Waals surface area contributed by atoms with Gasteiger partial charge in [0, 0.05) is 10.0 Å². The van der Waals surface area contributed by atoms with Gasteiger partial charge in [0.05, 0.1) is 5.71 Å². The van der Waals surface area contributed by atoms with Gasteiger partial charge in [-0.05, 0) is 42.7 Å². The molecule has 0 aliphatic rings. The lowest BCUT2D eigenvalue weighted by molar-refractivity contribution is 0.213. The summed E-state index contributed by atoms with van der Waals surface area (Å²) in [6.45, 7) is 4.05. The second kappa shape index (κ2) is 6.02. The van der Waals surface area contributed by atoms with Crippen LogP contribution in [0.4, 0.5) is 0 Å². The van der Waals surface area contributed by atoms with Crippen LogP contribution in [0.1, 0.15) is 18.1 Å². The second-order valence-corrected chi connectivity index (χ2v) is 5.28. The third-order valence-corrected chi connectivity index (χ3v) is 3.49. The molecule has 0 atom stereocenters. The highest BCUT2D eigenvalue weighted by Crippen LogP contribution is 2.28. The molecular weight excluding hydrogens is 302 g/mol. The summed E-state index contributed by atoms with van der Waals surface area (Å²) in [4.78, 5) is 4.91. The van der Waals surface area contributed by atoms with E-state index in [-0.39, 0.29) is 0 Å². The van der Waals surface area contributed by atoms with Gasteiger partial charge < -0.3 is 4.84 Å². The topological polar surface area (TPSA) is 21.6 Å². The van der Waals surface area contributed by atoms with Crippen LogP contribution in [0.5, 0.6) is 0 Å². The predicted molar refractivity (Wildman–Crippen MR) is 83.5 cm³/mol. The molecule has 0 unspecified atom stereocenters. The summed E-state index contributed by atoms with van der Waals surface area (Å²) in [5.41, 5.74) is 5.53. The molecule has 19 heavy (non-hydrogen) atoms. The average molecular weight is 318 g/mol. The standard InChI is InChI=1S/C16H16BrNO/c1-11-6-4-9-15(16(11)12(2)18-19-3)13-7-5-8-14(17)10-13/h4-10H,1-3H3/b18-12+. The molecule has 2 nitrogen and oxygen atoms in total. The molecule has 0 aromatic heterocycles. The van der Waals surface area contributed by atoms with Gasteiger partial charge in [-0.1, -0.05) is 51.4 Å². The fourth-order valence-electron chi connectivity index (χ4n) is 2.23. The fourth-order valence-corrected chi connectivity index (χ4v) is 2.63. The minimum atomic E-state index is 0.885. The number of hydrogen-bond acceptors (Lipinski definition) is 2. The number of nitrogens with zero attached hydrogens (tertiary/aromatic N) is 1. The number of oxime groups is 1. The van der Waals surface area contributed by atoms with Crippen LogP contribution >= 0.6 is 15.9 Å². The van der Waals surface area contributed by atoms with Crippen LogP contribution in [-0.2, 0) is 4.84 Å². The van der Waals surface area contributed by atoms with Gasteiger partial charge in [-0.15, -0.1) is 0 Å². The number of benzene rings is 2. The van der Waals surface area contributed by atoms with Gasteiger partial charge in [0.2, 0.25) is 0 Å². The molecule has 0 fully saturated rings. The Bertz CT molecular complexity index is 620. The van der Waals surface area contributed by atoms with E-state index in [1.54, 1.807) is 7.11 Å². The SMILES string of the molecule is CO/N=C(\C)c1c(C)cccc1-c1cccc(Br)c1. The maximum Gasteiger partial charge on any atom is 0.106 e. The first kappa shape index (κ1) is 13.8. The van der Waals surface area contributed by atoms with Crippen molar-refractivity contribution in [3.63, 3.8) is 0 Å². The van der Waals surface area contributed by atoms with Crippen molar-refractivity contribution in [2.24, 2.45) is 5.16 Å². The Hall–Kier alpha value is -1.61. The molecule has 2 aromatic rings. The number of rotatable bonds is 3. The first-order chi connectivity index (χ1) is 9.13. The molecule has 0 heterocycles.